The van der Waals surface area contributed by atoms with Crippen molar-refractivity contribution in [2.24, 2.45) is 0 Å². The van der Waals surface area contributed by atoms with Crippen molar-refractivity contribution in [1.82, 2.24) is 25.3 Å². The number of rotatable bonds is 11. The van der Waals surface area contributed by atoms with Crippen molar-refractivity contribution in [1.29, 1.82) is 0 Å². The van der Waals surface area contributed by atoms with E-state index in [0.717, 1.165) is 68.9 Å². The number of nitrogens with one attached hydrogen (secondary N) is 2. The maximum atomic E-state index is 13.4. The normalized spacial score (nSPS) is 15.1. The van der Waals surface area contributed by atoms with E-state index in [-0.39, 0.29) is 17.9 Å². The van der Waals surface area contributed by atoms with Crippen LogP contribution in [0.25, 0.3) is 11.3 Å². The van der Waals surface area contributed by atoms with E-state index in [4.69, 9.17) is 4.74 Å². The Kier molecular flexibility index (Phi) is 9.28. The smallest absolute Gasteiger partial charge is 0.317 e. The fourth-order valence-corrected chi connectivity index (χ4v) is 5.19. The van der Waals surface area contributed by atoms with Crippen molar-refractivity contribution in [3.63, 3.8) is 0 Å². The zero-order chi connectivity index (χ0) is 24.5. The van der Waals surface area contributed by atoms with Crippen LogP contribution in [0.2, 0.25) is 0 Å². The molecule has 0 saturated carbocycles. The summed E-state index contributed by atoms with van der Waals surface area (Å²) in [4.78, 5) is 18.1. The second-order valence-electron chi connectivity index (χ2n) is 8.89. The molecule has 2 amide bonds. The molecule has 0 aliphatic carbocycles. The van der Waals surface area contributed by atoms with Gasteiger partial charge < -0.3 is 15.0 Å². The Morgan fingerprint density at radius 2 is 2.09 bits per heavy atom. The Morgan fingerprint density at radius 1 is 1.23 bits per heavy atom. The molecule has 4 rings (SSSR count). The van der Waals surface area contributed by atoms with Crippen LogP contribution in [0, 0.1) is 5.82 Å². The van der Waals surface area contributed by atoms with Crippen molar-refractivity contribution >= 4 is 17.4 Å². The first kappa shape index (κ1) is 25.3. The maximum Gasteiger partial charge on any atom is 0.317 e. The predicted molar refractivity (Wildman–Crippen MR) is 137 cm³/mol. The van der Waals surface area contributed by atoms with Gasteiger partial charge in [-0.25, -0.2) is 9.18 Å². The van der Waals surface area contributed by atoms with Crippen molar-refractivity contribution in [3.05, 3.63) is 64.2 Å². The van der Waals surface area contributed by atoms with Crippen LogP contribution in [0.1, 0.15) is 35.9 Å². The van der Waals surface area contributed by atoms with Crippen LogP contribution < -0.4 is 5.32 Å². The number of H-pyrrole nitrogens is 1. The van der Waals surface area contributed by atoms with Gasteiger partial charge in [0.1, 0.15) is 5.82 Å². The number of aromatic amines is 1. The molecule has 3 aromatic rings. The quantitative estimate of drug-likeness (QED) is 0.375. The Bertz CT molecular complexity index is 1050. The summed E-state index contributed by atoms with van der Waals surface area (Å²) >= 11 is 1.73. The molecule has 188 valence electrons. The molecule has 0 radical (unpaired) electrons. The van der Waals surface area contributed by atoms with Crippen LogP contribution in [0.3, 0.4) is 0 Å². The van der Waals surface area contributed by atoms with E-state index in [1.807, 2.05) is 19.2 Å². The van der Waals surface area contributed by atoms with Gasteiger partial charge in [0.2, 0.25) is 0 Å². The van der Waals surface area contributed by atoms with Gasteiger partial charge >= 0.3 is 6.03 Å². The zero-order valence-electron chi connectivity index (χ0n) is 20.2. The fraction of sp³-hybridized carbons (Fsp3) is 0.462. The van der Waals surface area contributed by atoms with Crippen LogP contribution >= 0.6 is 11.3 Å². The lowest BCUT2D eigenvalue weighted by Gasteiger charge is -2.34. The minimum absolute atomic E-state index is 0.0341. The summed E-state index contributed by atoms with van der Waals surface area (Å²) in [5, 5.41) is 12.6. The van der Waals surface area contributed by atoms with Crippen molar-refractivity contribution < 1.29 is 13.9 Å². The van der Waals surface area contributed by atoms with E-state index >= 15 is 0 Å². The highest BCUT2D eigenvalue weighted by Gasteiger charge is 2.24. The molecule has 0 spiro atoms. The number of urea groups is 1. The lowest BCUT2D eigenvalue weighted by molar-refractivity contribution is 0.0172. The number of carbonyl (C=O) groups excluding carboxylic acids is 1. The summed E-state index contributed by atoms with van der Waals surface area (Å²) in [6.45, 7) is 4.55. The van der Waals surface area contributed by atoms with Gasteiger partial charge in [0.05, 0.1) is 24.9 Å². The molecule has 3 heterocycles. The van der Waals surface area contributed by atoms with Gasteiger partial charge in [-0.05, 0) is 48.9 Å². The van der Waals surface area contributed by atoms with Gasteiger partial charge in [0.15, 0.2) is 0 Å². The average molecular weight is 500 g/mol. The molecular formula is C26H34FN5O2S. The molecule has 35 heavy (non-hydrogen) atoms. The van der Waals surface area contributed by atoms with Gasteiger partial charge in [-0.3, -0.25) is 10.00 Å². The molecule has 1 aliphatic heterocycles. The lowest BCUT2D eigenvalue weighted by atomic mass is 10.1. The maximum absolute atomic E-state index is 13.4. The number of hydrogen-bond acceptors (Lipinski definition) is 5. The highest BCUT2D eigenvalue weighted by Crippen LogP contribution is 2.25. The average Bonchev–Trinajstić information content (AvgIpc) is 3.57. The Morgan fingerprint density at radius 3 is 2.86 bits per heavy atom. The van der Waals surface area contributed by atoms with Crippen molar-refractivity contribution in [2.75, 3.05) is 46.4 Å². The number of ether oxygens (including phenoxy) is 1. The molecule has 1 aliphatic rings. The first-order valence-electron chi connectivity index (χ1n) is 12.2. The number of aryl methyl sites for hydroxylation is 1. The number of halogens is 1. The molecule has 1 fully saturated rings. The van der Waals surface area contributed by atoms with E-state index in [1.165, 1.54) is 17.0 Å². The summed E-state index contributed by atoms with van der Waals surface area (Å²) < 4.78 is 18.9. The van der Waals surface area contributed by atoms with Crippen LogP contribution in [-0.4, -0.2) is 72.5 Å². The minimum atomic E-state index is -0.261. The largest absolute Gasteiger partial charge is 0.379 e. The van der Waals surface area contributed by atoms with Gasteiger partial charge in [-0.2, -0.15) is 5.10 Å². The van der Waals surface area contributed by atoms with Crippen molar-refractivity contribution in [3.8, 4) is 11.3 Å². The Labute approximate surface area is 210 Å². The zero-order valence-corrected chi connectivity index (χ0v) is 21.0. The molecule has 1 aromatic carbocycles. The van der Waals surface area contributed by atoms with Gasteiger partial charge in [-0.1, -0.05) is 24.6 Å². The first-order chi connectivity index (χ1) is 17.1. The van der Waals surface area contributed by atoms with E-state index < -0.39 is 0 Å². The van der Waals surface area contributed by atoms with Crippen molar-refractivity contribution in [2.45, 2.75) is 31.7 Å². The van der Waals surface area contributed by atoms with Crippen LogP contribution in [0.4, 0.5) is 9.18 Å². The highest BCUT2D eigenvalue weighted by atomic mass is 32.1. The van der Waals surface area contributed by atoms with E-state index in [2.05, 4.69) is 37.9 Å². The Balaban J connectivity index is 1.16. The van der Waals surface area contributed by atoms with Crippen LogP contribution in [0.5, 0.6) is 0 Å². The molecule has 1 unspecified atom stereocenters. The molecule has 9 heteroatoms. The number of unbranched alkanes of at least 4 members (excludes halogenated alkanes) is 2. The number of amides is 2. The minimum Gasteiger partial charge on any atom is -0.379 e. The number of nitrogens with zero attached hydrogens (tertiary/aromatic N) is 3. The first-order valence-corrected chi connectivity index (χ1v) is 13.1. The third kappa shape index (κ3) is 7.37. The van der Waals surface area contributed by atoms with Gasteiger partial charge in [-0.15, -0.1) is 11.3 Å². The number of carbonyl (C=O) groups is 1. The molecule has 2 aromatic heterocycles. The number of benzene rings is 1. The third-order valence-electron chi connectivity index (χ3n) is 6.34. The van der Waals surface area contributed by atoms with Crippen LogP contribution in [0.15, 0.2) is 47.8 Å². The summed E-state index contributed by atoms with van der Waals surface area (Å²) in [6, 6.07) is 12.8. The number of hydrogen-bond donors (Lipinski definition) is 2. The lowest BCUT2D eigenvalue weighted by Crippen LogP contribution is -2.46. The van der Waals surface area contributed by atoms with Gasteiger partial charge in [0, 0.05) is 49.4 Å². The van der Waals surface area contributed by atoms with E-state index in [1.54, 1.807) is 22.3 Å². The summed E-state index contributed by atoms with van der Waals surface area (Å²) in [6.07, 6.45) is 3.82. The second kappa shape index (κ2) is 12.8. The number of thiophene rings is 1. The highest BCUT2D eigenvalue weighted by molar-refractivity contribution is 7.10. The SMILES string of the molecule is CN(CCCCCc1cc(-c2cccc(F)c2)n[nH]1)C(=O)NCC(c1cccs1)N1CCOCC1. The van der Waals surface area contributed by atoms with Crippen LogP contribution in [-0.2, 0) is 11.2 Å². The molecular weight excluding hydrogens is 465 g/mol. The number of aromatic nitrogens is 2. The molecule has 0 bridgehead atoms. The molecule has 2 N–H and O–H groups in total. The second-order valence-corrected chi connectivity index (χ2v) is 9.87. The van der Waals surface area contributed by atoms with E-state index in [0.29, 0.717) is 13.1 Å². The molecule has 1 saturated heterocycles. The molecule has 1 atom stereocenters. The summed E-state index contributed by atoms with van der Waals surface area (Å²) in [5.41, 5.74) is 2.57. The standard InChI is InChI=1S/C26H34FN5O2S/c1-31(26(33)28-19-24(25-10-6-16-35-25)32-12-14-34-15-13-32)11-4-2-3-9-22-18-23(30-29-22)20-7-5-8-21(27)17-20/h5-8,10,16-18,24H,2-4,9,11-15,19H2,1H3,(H,28,33)(H,29,30). The topological polar surface area (TPSA) is 73.5 Å². The summed E-state index contributed by atoms with van der Waals surface area (Å²) in [7, 11) is 1.85. The van der Waals surface area contributed by atoms with Gasteiger partial charge in [0.25, 0.3) is 0 Å². The molecule has 7 nitrogen and oxygen atoms in total. The third-order valence-corrected chi connectivity index (χ3v) is 7.32. The monoisotopic (exact) mass is 499 g/mol. The number of morpholine rings is 1. The summed E-state index contributed by atoms with van der Waals surface area (Å²) in [5.74, 6) is -0.261. The fourth-order valence-electron chi connectivity index (χ4n) is 4.33. The Hall–Kier alpha value is -2.75. The van der Waals surface area contributed by atoms with E-state index in [9.17, 15) is 9.18 Å². The predicted octanol–water partition coefficient (Wildman–Crippen LogP) is 4.71.